The minimum Gasteiger partial charge on any atom is -0.302 e. The number of rotatable bonds is 4. The topological polar surface area (TPSA) is 79.4 Å². The highest BCUT2D eigenvalue weighted by atomic mass is 32.2. The zero-order chi connectivity index (χ0) is 13.3. The van der Waals surface area contributed by atoms with Crippen molar-refractivity contribution in [1.29, 1.82) is 5.26 Å². The molecule has 0 spiro atoms. The van der Waals surface area contributed by atoms with Gasteiger partial charge in [0, 0.05) is 5.25 Å². The third kappa shape index (κ3) is 2.60. The number of nitrogens with zero attached hydrogens (tertiary/aromatic N) is 5. The molecule has 2 fully saturated rings. The van der Waals surface area contributed by atoms with Gasteiger partial charge in [-0.1, -0.05) is 11.8 Å². The predicted molar refractivity (Wildman–Crippen MR) is 71.6 cm³/mol. The molecule has 1 N–H and O–H groups in total. The minimum absolute atomic E-state index is 0.367. The first kappa shape index (κ1) is 12.9. The normalized spacial score (nSPS) is 31.1. The van der Waals surface area contributed by atoms with Crippen molar-refractivity contribution in [2.75, 3.05) is 7.05 Å². The molecule has 3 rings (SSSR count). The summed E-state index contributed by atoms with van der Waals surface area (Å²) in [7, 11) is 1.88. The van der Waals surface area contributed by atoms with Gasteiger partial charge in [-0.2, -0.15) is 5.26 Å². The zero-order valence-corrected chi connectivity index (χ0v) is 11.9. The summed E-state index contributed by atoms with van der Waals surface area (Å²) in [6, 6.07) is 2.95. The molecule has 6 nitrogen and oxygen atoms in total. The van der Waals surface area contributed by atoms with E-state index in [1.54, 1.807) is 11.8 Å². The molecule has 7 heteroatoms. The third-order valence-corrected chi connectivity index (χ3v) is 5.24. The van der Waals surface area contributed by atoms with Gasteiger partial charge in [-0.25, -0.2) is 4.68 Å². The van der Waals surface area contributed by atoms with Crippen molar-refractivity contribution in [2.24, 2.45) is 0 Å². The highest BCUT2D eigenvalue weighted by molar-refractivity contribution is 7.99. The molecule has 2 aliphatic rings. The van der Waals surface area contributed by atoms with Gasteiger partial charge in [0.05, 0.1) is 12.1 Å². The fraction of sp³-hybridized carbons (Fsp3) is 0.833. The molecule has 0 aromatic carbocycles. The molecule has 0 bridgehead atoms. The first-order valence-corrected chi connectivity index (χ1v) is 7.69. The maximum Gasteiger partial charge on any atom is 0.209 e. The average Bonchev–Trinajstić information content (AvgIpc) is 3.20. The molecule has 0 radical (unpaired) electrons. The van der Waals surface area contributed by atoms with E-state index >= 15 is 0 Å². The van der Waals surface area contributed by atoms with E-state index in [0.717, 1.165) is 30.8 Å². The Hall–Kier alpha value is -1.13. The first-order valence-electron chi connectivity index (χ1n) is 6.81. The molecule has 0 saturated heterocycles. The van der Waals surface area contributed by atoms with Crippen LogP contribution in [0, 0.1) is 11.3 Å². The van der Waals surface area contributed by atoms with E-state index in [0.29, 0.717) is 11.3 Å². The Morgan fingerprint density at radius 2 is 2.32 bits per heavy atom. The highest BCUT2D eigenvalue weighted by Crippen LogP contribution is 2.41. The Bertz CT molecular complexity index is 491. The standard InChI is InChI=1S/C12H18N6S/c1-14-12(8-13)6-2-3-10(7-12)19-11-15-16-17-18(11)9-4-5-9/h9-10,14H,2-7H2,1H3. The van der Waals surface area contributed by atoms with Crippen LogP contribution in [0.1, 0.15) is 44.6 Å². The summed E-state index contributed by atoms with van der Waals surface area (Å²) >= 11 is 1.73. The lowest BCUT2D eigenvalue weighted by Crippen LogP contribution is -2.46. The largest absolute Gasteiger partial charge is 0.302 e. The van der Waals surface area contributed by atoms with Crippen LogP contribution in [-0.2, 0) is 0 Å². The molecule has 2 atom stereocenters. The second-order valence-electron chi connectivity index (χ2n) is 5.42. The smallest absolute Gasteiger partial charge is 0.209 e. The van der Waals surface area contributed by atoms with Gasteiger partial charge in [0.2, 0.25) is 5.16 Å². The van der Waals surface area contributed by atoms with Crippen molar-refractivity contribution in [2.45, 2.75) is 60.5 Å². The molecule has 1 aromatic heterocycles. The van der Waals surface area contributed by atoms with Crippen molar-refractivity contribution in [3.63, 3.8) is 0 Å². The zero-order valence-electron chi connectivity index (χ0n) is 11.0. The SMILES string of the molecule is CNC1(C#N)CCCC(Sc2nnnn2C2CC2)C1. The number of aromatic nitrogens is 4. The Morgan fingerprint density at radius 3 is 3.00 bits per heavy atom. The molecule has 0 amide bonds. The molecule has 2 aliphatic carbocycles. The molecule has 2 unspecified atom stereocenters. The van der Waals surface area contributed by atoms with E-state index in [1.807, 2.05) is 11.7 Å². The van der Waals surface area contributed by atoms with Crippen LogP contribution in [0.5, 0.6) is 0 Å². The summed E-state index contributed by atoms with van der Waals surface area (Å²) in [4.78, 5) is 0. The summed E-state index contributed by atoms with van der Waals surface area (Å²) in [6.07, 6.45) is 6.38. The molecular formula is C12H18N6S. The Labute approximate surface area is 116 Å². The third-order valence-electron chi connectivity index (χ3n) is 4.03. The van der Waals surface area contributed by atoms with Crippen LogP contribution in [-0.4, -0.2) is 38.0 Å². The second kappa shape index (κ2) is 5.10. The fourth-order valence-electron chi connectivity index (χ4n) is 2.67. The number of nitrogens with one attached hydrogen (secondary N) is 1. The summed E-state index contributed by atoms with van der Waals surface area (Å²) in [5, 5.41) is 25.9. The van der Waals surface area contributed by atoms with Crippen LogP contribution < -0.4 is 5.32 Å². The van der Waals surface area contributed by atoms with E-state index in [-0.39, 0.29) is 5.54 Å². The fourth-order valence-corrected chi connectivity index (χ4v) is 4.00. The molecule has 19 heavy (non-hydrogen) atoms. The molecule has 0 aliphatic heterocycles. The predicted octanol–water partition coefficient (Wildman–Crippen LogP) is 1.52. The Morgan fingerprint density at radius 1 is 1.47 bits per heavy atom. The first-order chi connectivity index (χ1) is 9.26. The van der Waals surface area contributed by atoms with Crippen molar-refractivity contribution < 1.29 is 0 Å². The molecule has 1 aromatic rings. The van der Waals surface area contributed by atoms with E-state index in [4.69, 9.17) is 0 Å². The van der Waals surface area contributed by atoms with E-state index in [2.05, 4.69) is 26.9 Å². The van der Waals surface area contributed by atoms with Crippen molar-refractivity contribution >= 4 is 11.8 Å². The van der Waals surface area contributed by atoms with Gasteiger partial charge in [0.1, 0.15) is 5.54 Å². The maximum absolute atomic E-state index is 9.37. The van der Waals surface area contributed by atoms with Gasteiger partial charge in [-0.3, -0.25) is 0 Å². The van der Waals surface area contributed by atoms with Crippen LogP contribution in [0.4, 0.5) is 0 Å². The summed E-state index contributed by atoms with van der Waals surface area (Å²) in [5.74, 6) is 0. The highest BCUT2D eigenvalue weighted by Gasteiger charge is 2.37. The van der Waals surface area contributed by atoms with Gasteiger partial charge in [-0.05, 0) is 56.0 Å². The lowest BCUT2D eigenvalue weighted by molar-refractivity contribution is 0.323. The number of hydrogen-bond acceptors (Lipinski definition) is 6. The number of tetrazole rings is 1. The van der Waals surface area contributed by atoms with Crippen LogP contribution in [0.25, 0.3) is 0 Å². The van der Waals surface area contributed by atoms with Gasteiger partial charge >= 0.3 is 0 Å². The lowest BCUT2D eigenvalue weighted by atomic mass is 9.83. The van der Waals surface area contributed by atoms with E-state index in [9.17, 15) is 5.26 Å². The number of nitriles is 1. The van der Waals surface area contributed by atoms with Crippen molar-refractivity contribution in [1.82, 2.24) is 25.5 Å². The molecule has 1 heterocycles. The van der Waals surface area contributed by atoms with Crippen LogP contribution in [0.3, 0.4) is 0 Å². The Kier molecular flexibility index (Phi) is 3.46. The molecular weight excluding hydrogens is 260 g/mol. The van der Waals surface area contributed by atoms with Gasteiger partial charge in [-0.15, -0.1) is 5.10 Å². The minimum atomic E-state index is -0.367. The van der Waals surface area contributed by atoms with Crippen LogP contribution in [0.2, 0.25) is 0 Å². The molecule has 2 saturated carbocycles. The van der Waals surface area contributed by atoms with Crippen LogP contribution >= 0.6 is 11.8 Å². The van der Waals surface area contributed by atoms with Gasteiger partial charge < -0.3 is 5.32 Å². The van der Waals surface area contributed by atoms with Crippen molar-refractivity contribution in [3.05, 3.63) is 0 Å². The summed E-state index contributed by atoms with van der Waals surface area (Å²) < 4.78 is 1.95. The summed E-state index contributed by atoms with van der Waals surface area (Å²) in [5.41, 5.74) is -0.367. The maximum atomic E-state index is 9.37. The monoisotopic (exact) mass is 278 g/mol. The summed E-state index contributed by atoms with van der Waals surface area (Å²) in [6.45, 7) is 0. The quantitative estimate of drug-likeness (QED) is 0.899. The lowest BCUT2D eigenvalue weighted by Gasteiger charge is -2.34. The number of thioether (sulfide) groups is 1. The number of hydrogen-bond donors (Lipinski definition) is 1. The Balaban J connectivity index is 1.69. The van der Waals surface area contributed by atoms with Gasteiger partial charge in [0.25, 0.3) is 0 Å². The second-order valence-corrected chi connectivity index (χ2v) is 6.68. The van der Waals surface area contributed by atoms with Crippen molar-refractivity contribution in [3.8, 4) is 6.07 Å². The van der Waals surface area contributed by atoms with Crippen LogP contribution in [0.15, 0.2) is 5.16 Å². The molecule has 102 valence electrons. The average molecular weight is 278 g/mol. The van der Waals surface area contributed by atoms with E-state index in [1.165, 1.54) is 12.8 Å². The van der Waals surface area contributed by atoms with E-state index < -0.39 is 0 Å². The van der Waals surface area contributed by atoms with Gasteiger partial charge in [0.15, 0.2) is 0 Å².